The van der Waals surface area contributed by atoms with E-state index in [2.05, 4.69) is 0 Å². The summed E-state index contributed by atoms with van der Waals surface area (Å²) in [5.74, 6) is 0. The van der Waals surface area contributed by atoms with Crippen LogP contribution in [0.3, 0.4) is 0 Å². The van der Waals surface area contributed by atoms with Crippen molar-refractivity contribution in [3.8, 4) is 0 Å². The summed E-state index contributed by atoms with van der Waals surface area (Å²) in [6.45, 7) is -0.856. The lowest BCUT2D eigenvalue weighted by molar-refractivity contribution is -0.0904. The summed E-state index contributed by atoms with van der Waals surface area (Å²) in [5.41, 5.74) is 0. The molecule has 2 unspecified atom stereocenters. The van der Waals surface area contributed by atoms with E-state index in [0.717, 1.165) is 0 Å². The summed E-state index contributed by atoms with van der Waals surface area (Å²) in [6.07, 6.45) is -6.90. The highest BCUT2D eigenvalue weighted by Crippen LogP contribution is 2.04. The molecule has 0 aliphatic rings. The van der Waals surface area contributed by atoms with Crippen molar-refractivity contribution in [2.75, 3.05) is 6.61 Å². The minimum absolute atomic E-state index is 0.856. The van der Waals surface area contributed by atoms with E-state index in [0.29, 0.717) is 0 Å². The zero-order valence-electron chi connectivity index (χ0n) is 4.54. The summed E-state index contributed by atoms with van der Waals surface area (Å²) < 4.78 is 22.7. The Kier molecular flexibility index (Phi) is 3.60. The van der Waals surface area contributed by atoms with Gasteiger partial charge in [-0.05, 0) is 0 Å². The Labute approximate surface area is 50.5 Å². The van der Waals surface area contributed by atoms with E-state index in [4.69, 9.17) is 15.3 Å². The van der Waals surface area contributed by atoms with Crippen molar-refractivity contribution >= 4 is 0 Å². The summed E-state index contributed by atoms with van der Waals surface area (Å²) in [7, 11) is 0. The highest BCUT2D eigenvalue weighted by molar-refractivity contribution is 4.67. The highest BCUT2D eigenvalue weighted by Gasteiger charge is 2.24. The first kappa shape index (κ1) is 8.74. The molecule has 0 rings (SSSR count). The lowest BCUT2D eigenvalue weighted by Crippen LogP contribution is -2.35. The summed E-state index contributed by atoms with van der Waals surface area (Å²) in [4.78, 5) is 0. The molecule has 0 aliphatic carbocycles. The van der Waals surface area contributed by atoms with Gasteiger partial charge in [0.2, 0.25) is 0 Å². The number of rotatable bonds is 3. The number of alkyl halides is 2. The maximum Gasteiger partial charge on any atom is 0.266 e. The molecule has 0 saturated carbocycles. The van der Waals surface area contributed by atoms with E-state index >= 15 is 0 Å². The van der Waals surface area contributed by atoms with E-state index in [-0.39, 0.29) is 0 Å². The fourth-order valence-corrected chi connectivity index (χ4v) is 0.276. The van der Waals surface area contributed by atoms with Crippen LogP contribution in [0.2, 0.25) is 0 Å². The molecule has 5 heteroatoms. The molecule has 0 aromatic heterocycles. The van der Waals surface area contributed by atoms with Crippen LogP contribution in [-0.4, -0.2) is 40.6 Å². The molecule has 0 fully saturated rings. The Hall–Kier alpha value is -0.260. The number of hydrogen-bond donors (Lipinski definition) is 3. The fraction of sp³-hybridized carbons (Fsp3) is 1.00. The van der Waals surface area contributed by atoms with Crippen molar-refractivity contribution in [3.05, 3.63) is 0 Å². The smallest absolute Gasteiger partial charge is 0.266 e. The molecule has 0 bridgehead atoms. The van der Waals surface area contributed by atoms with E-state index < -0.39 is 25.2 Å². The third-order valence-electron chi connectivity index (χ3n) is 0.839. The first-order chi connectivity index (χ1) is 4.09. The van der Waals surface area contributed by atoms with Crippen LogP contribution >= 0.6 is 0 Å². The Morgan fingerprint density at radius 2 is 1.67 bits per heavy atom. The lowest BCUT2D eigenvalue weighted by atomic mass is 10.2. The molecule has 0 radical (unpaired) electrons. The van der Waals surface area contributed by atoms with Gasteiger partial charge < -0.3 is 15.3 Å². The molecule has 0 saturated heterocycles. The van der Waals surface area contributed by atoms with Crippen molar-refractivity contribution in [2.24, 2.45) is 0 Å². The third kappa shape index (κ3) is 2.69. The average Bonchev–Trinajstić information content (AvgIpc) is 1.84. The molecule has 3 nitrogen and oxygen atoms in total. The Balaban J connectivity index is 3.58. The van der Waals surface area contributed by atoms with Crippen molar-refractivity contribution in [1.29, 1.82) is 0 Å². The normalized spacial score (nSPS) is 18.0. The van der Waals surface area contributed by atoms with E-state index in [1.54, 1.807) is 0 Å². The first-order valence-corrected chi connectivity index (χ1v) is 2.34. The van der Waals surface area contributed by atoms with Crippen LogP contribution in [0.25, 0.3) is 0 Å². The number of halogens is 2. The van der Waals surface area contributed by atoms with Gasteiger partial charge in [-0.25, -0.2) is 8.78 Å². The number of aliphatic hydroxyl groups is 3. The topological polar surface area (TPSA) is 60.7 Å². The van der Waals surface area contributed by atoms with Gasteiger partial charge in [0, 0.05) is 0 Å². The minimum Gasteiger partial charge on any atom is -0.394 e. The third-order valence-corrected chi connectivity index (χ3v) is 0.839. The van der Waals surface area contributed by atoms with Gasteiger partial charge in [-0.15, -0.1) is 0 Å². The minimum atomic E-state index is -3.01. The second-order valence-electron chi connectivity index (χ2n) is 1.57. The van der Waals surface area contributed by atoms with Gasteiger partial charge in [-0.1, -0.05) is 0 Å². The Morgan fingerprint density at radius 1 is 1.22 bits per heavy atom. The van der Waals surface area contributed by atoms with Crippen LogP contribution in [0.1, 0.15) is 0 Å². The second kappa shape index (κ2) is 3.71. The van der Waals surface area contributed by atoms with Crippen LogP contribution in [0.15, 0.2) is 0 Å². The summed E-state index contributed by atoms with van der Waals surface area (Å²) >= 11 is 0. The Bertz CT molecular complexity index is 78.2. The van der Waals surface area contributed by atoms with E-state index in [1.807, 2.05) is 0 Å². The van der Waals surface area contributed by atoms with Gasteiger partial charge in [0.15, 0.2) is 0 Å². The van der Waals surface area contributed by atoms with Crippen molar-refractivity contribution < 1.29 is 24.1 Å². The average molecular weight is 142 g/mol. The van der Waals surface area contributed by atoms with Crippen LogP contribution in [0.5, 0.6) is 0 Å². The van der Waals surface area contributed by atoms with Crippen molar-refractivity contribution in [2.45, 2.75) is 18.6 Å². The van der Waals surface area contributed by atoms with Gasteiger partial charge in [0.1, 0.15) is 12.2 Å². The summed E-state index contributed by atoms with van der Waals surface area (Å²) in [5, 5.41) is 24.6. The van der Waals surface area contributed by atoms with Gasteiger partial charge in [0.25, 0.3) is 6.43 Å². The standard InChI is InChI=1S/C4H8F2O3/c5-4(6)3(9)2(8)1-7/h2-4,7-9H,1H2. The molecule has 0 aliphatic heterocycles. The molecule has 9 heavy (non-hydrogen) atoms. The lowest BCUT2D eigenvalue weighted by Gasteiger charge is -2.13. The monoisotopic (exact) mass is 142 g/mol. The molecule has 2 atom stereocenters. The van der Waals surface area contributed by atoms with E-state index in [1.165, 1.54) is 0 Å². The summed E-state index contributed by atoms with van der Waals surface area (Å²) in [6, 6.07) is 0. The molecule has 56 valence electrons. The van der Waals surface area contributed by atoms with Crippen molar-refractivity contribution in [1.82, 2.24) is 0 Å². The molecular weight excluding hydrogens is 134 g/mol. The maximum atomic E-state index is 11.3. The molecule has 3 N–H and O–H groups in total. The zero-order chi connectivity index (χ0) is 7.44. The Morgan fingerprint density at radius 3 is 1.78 bits per heavy atom. The largest absolute Gasteiger partial charge is 0.394 e. The van der Waals surface area contributed by atoms with E-state index in [9.17, 15) is 8.78 Å². The molecular formula is C4H8F2O3. The first-order valence-electron chi connectivity index (χ1n) is 2.34. The molecule has 0 aromatic rings. The SMILES string of the molecule is OCC(O)C(O)C(F)F. The quantitative estimate of drug-likeness (QED) is 0.472. The van der Waals surface area contributed by atoms with Gasteiger partial charge in [-0.2, -0.15) is 0 Å². The second-order valence-corrected chi connectivity index (χ2v) is 1.57. The molecule has 0 heterocycles. The zero-order valence-corrected chi connectivity index (χ0v) is 4.54. The molecule has 0 amide bonds. The van der Waals surface area contributed by atoms with Gasteiger partial charge in [-0.3, -0.25) is 0 Å². The number of aliphatic hydroxyl groups excluding tert-OH is 3. The molecule has 0 spiro atoms. The van der Waals surface area contributed by atoms with Crippen molar-refractivity contribution in [3.63, 3.8) is 0 Å². The van der Waals surface area contributed by atoms with Crippen LogP contribution in [0, 0.1) is 0 Å². The maximum absolute atomic E-state index is 11.3. The van der Waals surface area contributed by atoms with Gasteiger partial charge >= 0.3 is 0 Å². The van der Waals surface area contributed by atoms with Crippen LogP contribution in [0.4, 0.5) is 8.78 Å². The highest BCUT2D eigenvalue weighted by atomic mass is 19.3. The van der Waals surface area contributed by atoms with Gasteiger partial charge in [0.05, 0.1) is 6.61 Å². The predicted octanol–water partition coefficient (Wildman–Crippen LogP) is -1.03. The van der Waals surface area contributed by atoms with Crippen LogP contribution in [-0.2, 0) is 0 Å². The predicted molar refractivity (Wildman–Crippen MR) is 25.1 cm³/mol. The number of hydrogen-bond acceptors (Lipinski definition) is 3. The fourth-order valence-electron chi connectivity index (χ4n) is 0.276. The van der Waals surface area contributed by atoms with Crippen LogP contribution < -0.4 is 0 Å². The molecule has 0 aromatic carbocycles.